The van der Waals surface area contributed by atoms with Gasteiger partial charge in [-0.25, -0.2) is 0 Å². The molecule has 0 bridgehead atoms. The first-order valence-electron chi connectivity index (χ1n) is 5.98. The second-order valence-corrected chi connectivity index (χ2v) is 4.22. The molecule has 0 aromatic heterocycles. The van der Waals surface area contributed by atoms with Crippen LogP contribution < -0.4 is 11.3 Å². The Kier molecular flexibility index (Phi) is 6.20. The number of hydrazine groups is 1. The average Bonchev–Trinajstić information content (AvgIpc) is 2.37. The van der Waals surface area contributed by atoms with Gasteiger partial charge in [-0.05, 0) is 19.9 Å². The van der Waals surface area contributed by atoms with Crippen molar-refractivity contribution in [1.29, 1.82) is 0 Å². The number of benzene rings is 1. The summed E-state index contributed by atoms with van der Waals surface area (Å²) in [5.74, 6) is 5.35. The van der Waals surface area contributed by atoms with Gasteiger partial charge in [0.05, 0.1) is 36.5 Å². The van der Waals surface area contributed by atoms with E-state index in [1.165, 1.54) is 12.1 Å². The van der Waals surface area contributed by atoms with Crippen LogP contribution in [0.5, 0.6) is 0 Å². The maximum atomic E-state index is 10.7. The minimum absolute atomic E-state index is 0.0102. The zero-order valence-electron chi connectivity index (χ0n) is 11.1. The first-order valence-corrected chi connectivity index (χ1v) is 5.98. The maximum Gasteiger partial charge on any atom is 0.269 e. The van der Waals surface area contributed by atoms with Crippen molar-refractivity contribution >= 4 is 11.4 Å². The molecule has 1 aromatic carbocycles. The summed E-state index contributed by atoms with van der Waals surface area (Å²) in [7, 11) is 0. The molecule has 1 aromatic rings. The van der Waals surface area contributed by atoms with Crippen LogP contribution in [0.25, 0.3) is 0 Å². The van der Waals surface area contributed by atoms with Crippen molar-refractivity contribution in [3.8, 4) is 0 Å². The highest BCUT2D eigenvalue weighted by molar-refractivity contribution is 5.55. The molecule has 0 aliphatic heterocycles. The molecular weight excluding hydrogens is 250 g/mol. The minimum Gasteiger partial charge on any atom is -0.376 e. The SMILES string of the molecule is CC(C)OCCOCc1cc([N+](=O)[O-])ccc1NN. The number of nitrogens with two attached hydrogens (primary N) is 1. The molecule has 7 nitrogen and oxygen atoms in total. The number of ether oxygens (including phenoxy) is 2. The van der Waals surface area contributed by atoms with Crippen LogP contribution in [0, 0.1) is 10.1 Å². The van der Waals surface area contributed by atoms with Crippen LogP contribution in [0.15, 0.2) is 18.2 Å². The Hall–Kier alpha value is -1.70. The van der Waals surface area contributed by atoms with Gasteiger partial charge in [-0.1, -0.05) is 0 Å². The van der Waals surface area contributed by atoms with Gasteiger partial charge in [-0.3, -0.25) is 16.0 Å². The van der Waals surface area contributed by atoms with E-state index >= 15 is 0 Å². The van der Waals surface area contributed by atoms with E-state index in [1.54, 1.807) is 6.07 Å². The molecule has 0 heterocycles. The van der Waals surface area contributed by atoms with Gasteiger partial charge in [0, 0.05) is 17.7 Å². The smallest absolute Gasteiger partial charge is 0.269 e. The summed E-state index contributed by atoms with van der Waals surface area (Å²) in [5, 5.41) is 10.7. The lowest BCUT2D eigenvalue weighted by Gasteiger charge is -2.10. The van der Waals surface area contributed by atoms with Crippen LogP contribution in [0.2, 0.25) is 0 Å². The third-order valence-electron chi connectivity index (χ3n) is 2.39. The molecule has 0 fully saturated rings. The summed E-state index contributed by atoms with van der Waals surface area (Å²) in [6.45, 7) is 5.03. The number of anilines is 1. The molecule has 7 heteroatoms. The zero-order chi connectivity index (χ0) is 14.3. The summed E-state index contributed by atoms with van der Waals surface area (Å²) in [5.41, 5.74) is 3.74. The lowest BCUT2D eigenvalue weighted by atomic mass is 10.1. The fraction of sp³-hybridized carbons (Fsp3) is 0.500. The quantitative estimate of drug-likeness (QED) is 0.323. The van der Waals surface area contributed by atoms with Crippen molar-refractivity contribution in [2.45, 2.75) is 26.6 Å². The van der Waals surface area contributed by atoms with Crippen molar-refractivity contribution in [1.82, 2.24) is 0 Å². The average molecular weight is 269 g/mol. The normalized spacial score (nSPS) is 10.7. The van der Waals surface area contributed by atoms with Crippen LogP contribution in [0.1, 0.15) is 19.4 Å². The second-order valence-electron chi connectivity index (χ2n) is 4.22. The highest BCUT2D eigenvalue weighted by atomic mass is 16.6. The van der Waals surface area contributed by atoms with E-state index in [2.05, 4.69) is 5.43 Å². The van der Waals surface area contributed by atoms with Crippen LogP contribution in [-0.2, 0) is 16.1 Å². The van der Waals surface area contributed by atoms with Gasteiger partial charge in [-0.2, -0.15) is 0 Å². The highest BCUT2D eigenvalue weighted by Gasteiger charge is 2.10. The molecule has 0 saturated carbocycles. The summed E-state index contributed by atoms with van der Waals surface area (Å²) >= 11 is 0. The molecule has 1 rings (SSSR count). The highest BCUT2D eigenvalue weighted by Crippen LogP contribution is 2.22. The number of rotatable bonds is 8. The maximum absolute atomic E-state index is 10.7. The number of non-ortho nitro benzene ring substituents is 1. The number of hydrogen-bond donors (Lipinski definition) is 2. The van der Waals surface area contributed by atoms with Crippen molar-refractivity contribution in [3.63, 3.8) is 0 Å². The Labute approximate surface area is 111 Å². The Morgan fingerprint density at radius 3 is 2.74 bits per heavy atom. The van der Waals surface area contributed by atoms with E-state index in [0.717, 1.165) is 0 Å². The fourth-order valence-corrected chi connectivity index (χ4v) is 1.48. The molecule has 0 radical (unpaired) electrons. The Morgan fingerprint density at radius 2 is 2.16 bits per heavy atom. The van der Waals surface area contributed by atoms with Crippen molar-refractivity contribution < 1.29 is 14.4 Å². The van der Waals surface area contributed by atoms with Gasteiger partial charge in [0.25, 0.3) is 5.69 Å². The summed E-state index contributed by atoms with van der Waals surface area (Å²) < 4.78 is 10.7. The topological polar surface area (TPSA) is 99.6 Å². The van der Waals surface area contributed by atoms with E-state index in [4.69, 9.17) is 15.3 Å². The second kappa shape index (κ2) is 7.67. The minimum atomic E-state index is -0.453. The summed E-state index contributed by atoms with van der Waals surface area (Å²) in [6, 6.07) is 4.39. The molecule has 0 saturated heterocycles. The predicted octanol–water partition coefficient (Wildman–Crippen LogP) is 1.82. The first kappa shape index (κ1) is 15.4. The number of nitrogen functional groups attached to an aromatic ring is 1. The van der Waals surface area contributed by atoms with Gasteiger partial charge >= 0.3 is 0 Å². The largest absolute Gasteiger partial charge is 0.376 e. The number of hydrogen-bond acceptors (Lipinski definition) is 6. The monoisotopic (exact) mass is 269 g/mol. The van der Waals surface area contributed by atoms with E-state index < -0.39 is 4.92 Å². The Morgan fingerprint density at radius 1 is 1.42 bits per heavy atom. The molecule has 0 aliphatic rings. The van der Waals surface area contributed by atoms with Crippen LogP contribution in [0.3, 0.4) is 0 Å². The summed E-state index contributed by atoms with van der Waals surface area (Å²) in [6.07, 6.45) is 0.155. The number of nitro groups is 1. The molecule has 0 amide bonds. The fourth-order valence-electron chi connectivity index (χ4n) is 1.48. The Bertz CT molecular complexity index is 423. The molecule has 3 N–H and O–H groups in total. The van der Waals surface area contributed by atoms with Crippen LogP contribution >= 0.6 is 0 Å². The lowest BCUT2D eigenvalue weighted by Crippen LogP contribution is -2.12. The molecule has 0 unspecified atom stereocenters. The first-order chi connectivity index (χ1) is 9.04. The van der Waals surface area contributed by atoms with Gasteiger partial charge in [0.2, 0.25) is 0 Å². The molecule has 0 spiro atoms. The molecular formula is C12H19N3O4. The van der Waals surface area contributed by atoms with Crippen molar-refractivity contribution in [2.24, 2.45) is 5.84 Å². The Balaban J connectivity index is 2.55. The van der Waals surface area contributed by atoms with Gasteiger partial charge in [-0.15, -0.1) is 0 Å². The third-order valence-corrected chi connectivity index (χ3v) is 2.39. The lowest BCUT2D eigenvalue weighted by molar-refractivity contribution is -0.384. The number of nitro benzene ring substituents is 1. The molecule has 0 atom stereocenters. The number of nitrogens with one attached hydrogen (secondary N) is 1. The van der Waals surface area contributed by atoms with E-state index in [0.29, 0.717) is 24.5 Å². The predicted molar refractivity (Wildman–Crippen MR) is 71.7 cm³/mol. The van der Waals surface area contributed by atoms with Crippen LogP contribution in [0.4, 0.5) is 11.4 Å². The van der Waals surface area contributed by atoms with E-state index in [9.17, 15) is 10.1 Å². The van der Waals surface area contributed by atoms with Gasteiger partial charge in [0.15, 0.2) is 0 Å². The standard InChI is InChI=1S/C12H19N3O4/c1-9(2)19-6-5-18-8-10-7-11(15(16)17)3-4-12(10)14-13/h3-4,7,9,14H,5-6,8,13H2,1-2H3. The van der Waals surface area contributed by atoms with E-state index in [-0.39, 0.29) is 18.4 Å². The van der Waals surface area contributed by atoms with Crippen molar-refractivity contribution in [3.05, 3.63) is 33.9 Å². The molecule has 0 aliphatic carbocycles. The van der Waals surface area contributed by atoms with Gasteiger partial charge < -0.3 is 14.9 Å². The molecule has 19 heavy (non-hydrogen) atoms. The summed E-state index contributed by atoms with van der Waals surface area (Å²) in [4.78, 5) is 10.2. The number of nitrogens with zero attached hydrogens (tertiary/aromatic N) is 1. The van der Waals surface area contributed by atoms with Crippen LogP contribution in [-0.4, -0.2) is 24.2 Å². The van der Waals surface area contributed by atoms with Crippen molar-refractivity contribution in [2.75, 3.05) is 18.6 Å². The molecule has 106 valence electrons. The zero-order valence-corrected chi connectivity index (χ0v) is 11.1. The third kappa shape index (κ3) is 5.21. The van der Waals surface area contributed by atoms with Gasteiger partial charge in [0.1, 0.15) is 0 Å². The van der Waals surface area contributed by atoms with E-state index in [1.807, 2.05) is 13.8 Å².